The van der Waals surface area contributed by atoms with Crippen LogP contribution in [0.25, 0.3) is 0 Å². The summed E-state index contributed by atoms with van der Waals surface area (Å²) in [7, 11) is -6.43. The van der Waals surface area contributed by atoms with Crippen LogP contribution in [0.4, 0.5) is 0 Å². The van der Waals surface area contributed by atoms with Gasteiger partial charge in [0.15, 0.2) is 9.84 Å². The SMILES string of the molecule is CC(C)CNCCCS(=O)(=O)CCS(C)(=O)=O. The summed E-state index contributed by atoms with van der Waals surface area (Å²) in [4.78, 5) is 0. The number of sulfone groups is 2. The Hall–Kier alpha value is -0.140. The lowest BCUT2D eigenvalue weighted by Crippen LogP contribution is -2.24. The minimum Gasteiger partial charge on any atom is -0.316 e. The van der Waals surface area contributed by atoms with Crippen LogP contribution in [0.5, 0.6) is 0 Å². The summed E-state index contributed by atoms with van der Waals surface area (Å²) < 4.78 is 44.7. The Bertz CT molecular complexity index is 398. The third kappa shape index (κ3) is 12.1. The van der Waals surface area contributed by atoms with E-state index in [1.165, 1.54) is 0 Å². The predicted octanol–water partition coefficient (Wildman–Crippen LogP) is 0.0815. The van der Waals surface area contributed by atoms with Gasteiger partial charge >= 0.3 is 0 Å². The summed E-state index contributed by atoms with van der Waals surface area (Å²) in [6.45, 7) is 5.67. The lowest BCUT2D eigenvalue weighted by atomic mass is 10.2. The van der Waals surface area contributed by atoms with Crippen LogP contribution in [0, 0.1) is 5.92 Å². The lowest BCUT2D eigenvalue weighted by Gasteiger charge is -2.07. The first kappa shape index (κ1) is 16.9. The van der Waals surface area contributed by atoms with Gasteiger partial charge in [-0.15, -0.1) is 0 Å². The topological polar surface area (TPSA) is 80.3 Å². The molecule has 0 aromatic rings. The maximum atomic E-state index is 11.5. The van der Waals surface area contributed by atoms with Gasteiger partial charge in [-0.2, -0.15) is 0 Å². The average Bonchev–Trinajstić information content (AvgIpc) is 2.13. The summed E-state index contributed by atoms with van der Waals surface area (Å²) in [6.07, 6.45) is 1.57. The number of nitrogens with one attached hydrogen (secondary N) is 1. The number of hydrogen-bond acceptors (Lipinski definition) is 5. The molecule has 5 nitrogen and oxygen atoms in total. The molecule has 0 bridgehead atoms. The number of hydrogen-bond donors (Lipinski definition) is 1. The molecule has 0 saturated carbocycles. The molecule has 0 aromatic carbocycles. The van der Waals surface area contributed by atoms with E-state index in [-0.39, 0.29) is 17.3 Å². The van der Waals surface area contributed by atoms with E-state index in [4.69, 9.17) is 0 Å². The van der Waals surface area contributed by atoms with Crippen LogP contribution < -0.4 is 5.32 Å². The van der Waals surface area contributed by atoms with Gasteiger partial charge in [0.2, 0.25) is 0 Å². The molecule has 0 aliphatic heterocycles. The first-order valence-corrected chi connectivity index (χ1v) is 9.59. The van der Waals surface area contributed by atoms with Crippen molar-refractivity contribution in [3.8, 4) is 0 Å². The Morgan fingerprint density at radius 2 is 1.59 bits per heavy atom. The van der Waals surface area contributed by atoms with Crippen molar-refractivity contribution < 1.29 is 16.8 Å². The van der Waals surface area contributed by atoms with E-state index in [9.17, 15) is 16.8 Å². The van der Waals surface area contributed by atoms with Crippen LogP contribution in [0.3, 0.4) is 0 Å². The first-order chi connectivity index (χ1) is 7.62. The molecule has 0 radical (unpaired) electrons. The third-order valence-corrected chi connectivity index (χ3v) is 5.07. The second-order valence-electron chi connectivity index (χ2n) is 4.73. The normalized spacial score (nSPS) is 13.2. The van der Waals surface area contributed by atoms with Gasteiger partial charge in [0.05, 0.1) is 17.3 Å². The van der Waals surface area contributed by atoms with Gasteiger partial charge in [0.25, 0.3) is 0 Å². The molecule has 0 unspecified atom stereocenters. The van der Waals surface area contributed by atoms with Crippen LogP contribution in [-0.2, 0) is 19.7 Å². The summed E-state index contributed by atoms with van der Waals surface area (Å²) >= 11 is 0. The Morgan fingerprint density at radius 3 is 2.06 bits per heavy atom. The molecule has 17 heavy (non-hydrogen) atoms. The van der Waals surface area contributed by atoms with Crippen molar-refractivity contribution in [2.24, 2.45) is 5.92 Å². The fourth-order valence-corrected chi connectivity index (χ4v) is 4.20. The van der Waals surface area contributed by atoms with Gasteiger partial charge in [0, 0.05) is 6.26 Å². The highest BCUT2D eigenvalue weighted by Crippen LogP contribution is 1.96. The fraction of sp³-hybridized carbons (Fsp3) is 1.00. The maximum absolute atomic E-state index is 11.5. The van der Waals surface area contributed by atoms with Crippen molar-refractivity contribution in [3.05, 3.63) is 0 Å². The van der Waals surface area contributed by atoms with Crippen LogP contribution in [0.2, 0.25) is 0 Å². The van der Waals surface area contributed by atoms with Gasteiger partial charge in [-0.1, -0.05) is 13.8 Å². The first-order valence-electron chi connectivity index (χ1n) is 5.71. The molecule has 0 heterocycles. The summed E-state index contributed by atoms with van der Waals surface area (Å²) in [6, 6.07) is 0. The van der Waals surface area contributed by atoms with Crippen molar-refractivity contribution in [2.75, 3.05) is 36.6 Å². The molecule has 0 aliphatic rings. The van der Waals surface area contributed by atoms with Crippen molar-refractivity contribution in [1.82, 2.24) is 5.32 Å². The minimum absolute atomic E-state index is 0.0492. The van der Waals surface area contributed by atoms with Crippen LogP contribution in [-0.4, -0.2) is 53.4 Å². The largest absolute Gasteiger partial charge is 0.316 e. The van der Waals surface area contributed by atoms with E-state index in [1.807, 2.05) is 0 Å². The molecule has 0 atom stereocenters. The van der Waals surface area contributed by atoms with Crippen molar-refractivity contribution in [2.45, 2.75) is 20.3 Å². The van der Waals surface area contributed by atoms with Crippen molar-refractivity contribution >= 4 is 19.7 Å². The third-order valence-electron chi connectivity index (χ3n) is 2.13. The predicted molar refractivity (Wildman–Crippen MR) is 70.7 cm³/mol. The molecule has 0 aliphatic carbocycles. The van der Waals surface area contributed by atoms with Crippen LogP contribution in [0.1, 0.15) is 20.3 Å². The Balaban J connectivity index is 3.80. The summed E-state index contributed by atoms with van der Waals surface area (Å²) in [5, 5.41) is 3.15. The monoisotopic (exact) mass is 285 g/mol. The molecule has 0 fully saturated rings. The quantitative estimate of drug-likeness (QED) is 0.607. The molecule has 7 heteroatoms. The van der Waals surface area contributed by atoms with Crippen LogP contribution >= 0.6 is 0 Å². The molecule has 0 saturated heterocycles. The van der Waals surface area contributed by atoms with Gasteiger partial charge in [0.1, 0.15) is 9.84 Å². The fourth-order valence-electron chi connectivity index (χ4n) is 1.19. The minimum atomic E-state index is -3.23. The zero-order valence-corrected chi connectivity index (χ0v) is 12.4. The molecule has 1 N–H and O–H groups in total. The standard InChI is InChI=1S/C10H23NO4S2/c1-10(2)9-11-5-4-6-17(14,15)8-7-16(3,12)13/h10-11H,4-9H2,1-3H3. The van der Waals surface area contributed by atoms with E-state index in [1.54, 1.807) is 0 Å². The van der Waals surface area contributed by atoms with E-state index in [2.05, 4.69) is 19.2 Å². The van der Waals surface area contributed by atoms with E-state index < -0.39 is 19.7 Å². The maximum Gasteiger partial charge on any atom is 0.151 e. The highest BCUT2D eigenvalue weighted by molar-refractivity contribution is 7.94. The highest BCUT2D eigenvalue weighted by atomic mass is 32.2. The Kier molecular flexibility index (Phi) is 7.27. The van der Waals surface area contributed by atoms with Crippen molar-refractivity contribution in [1.29, 1.82) is 0 Å². The highest BCUT2D eigenvalue weighted by Gasteiger charge is 2.14. The van der Waals surface area contributed by atoms with Gasteiger partial charge < -0.3 is 5.32 Å². The zero-order chi connectivity index (χ0) is 13.5. The van der Waals surface area contributed by atoms with Gasteiger partial charge in [-0.25, -0.2) is 16.8 Å². The molecule has 0 rings (SSSR count). The van der Waals surface area contributed by atoms with Crippen molar-refractivity contribution in [3.63, 3.8) is 0 Å². The van der Waals surface area contributed by atoms with E-state index in [0.717, 1.165) is 12.8 Å². The molecule has 104 valence electrons. The van der Waals surface area contributed by atoms with Crippen LogP contribution in [0.15, 0.2) is 0 Å². The molecular weight excluding hydrogens is 262 g/mol. The smallest absolute Gasteiger partial charge is 0.151 e. The second kappa shape index (κ2) is 7.33. The summed E-state index contributed by atoms with van der Waals surface area (Å²) in [5.41, 5.74) is 0. The number of rotatable bonds is 9. The van der Waals surface area contributed by atoms with Gasteiger partial charge in [-0.05, 0) is 25.4 Å². The molecule has 0 amide bonds. The zero-order valence-electron chi connectivity index (χ0n) is 10.8. The summed E-state index contributed by atoms with van der Waals surface area (Å²) in [5.74, 6) is 0.0371. The Morgan fingerprint density at radius 1 is 1.00 bits per heavy atom. The molecular formula is C10H23NO4S2. The Labute approximate surface area is 105 Å². The molecule has 0 aromatic heterocycles. The second-order valence-corrected chi connectivity index (χ2v) is 9.30. The average molecular weight is 285 g/mol. The van der Waals surface area contributed by atoms with E-state index >= 15 is 0 Å². The lowest BCUT2D eigenvalue weighted by molar-refractivity contribution is 0.546. The molecule has 0 spiro atoms. The van der Waals surface area contributed by atoms with Gasteiger partial charge in [-0.3, -0.25) is 0 Å². The van der Waals surface area contributed by atoms with E-state index in [0.29, 0.717) is 18.9 Å².